The van der Waals surface area contributed by atoms with E-state index >= 15 is 0 Å². The van der Waals surface area contributed by atoms with E-state index < -0.39 is 12.0 Å². The lowest BCUT2D eigenvalue weighted by molar-refractivity contribution is -0.145. The molecule has 142 valence electrons. The molecule has 0 bridgehead atoms. The molecule has 0 radical (unpaired) electrons. The predicted octanol–water partition coefficient (Wildman–Crippen LogP) is 2.96. The van der Waals surface area contributed by atoms with Crippen LogP contribution in [0.2, 0.25) is 0 Å². The number of rotatable bonds is 8. The largest absolute Gasteiger partial charge is 0.461 e. The number of ether oxygens (including phenoxy) is 1. The van der Waals surface area contributed by atoms with Crippen LogP contribution in [0, 0.1) is 6.92 Å². The number of esters is 1. The molecule has 2 rings (SSSR count). The Morgan fingerprint density at radius 3 is 2.30 bits per heavy atom. The molecule has 0 saturated heterocycles. The lowest BCUT2D eigenvalue weighted by Crippen LogP contribution is -2.43. The van der Waals surface area contributed by atoms with Gasteiger partial charge in [0.1, 0.15) is 12.6 Å². The van der Waals surface area contributed by atoms with Gasteiger partial charge in [-0.3, -0.25) is 14.4 Å². The van der Waals surface area contributed by atoms with Crippen molar-refractivity contribution in [3.05, 3.63) is 65.7 Å². The summed E-state index contributed by atoms with van der Waals surface area (Å²) in [5.74, 6) is -1.13. The Morgan fingerprint density at radius 1 is 1.00 bits per heavy atom. The molecular formula is C21H24N2O4. The molecule has 0 aliphatic heterocycles. The van der Waals surface area contributed by atoms with Gasteiger partial charge in [0, 0.05) is 19.0 Å². The number of carbonyl (C=O) groups is 3. The minimum absolute atomic E-state index is 0.0269. The standard InChI is InChI=1S/C21H24N2O4/c1-15-8-10-18(11-9-15)23-21(26)19(22-16(2)24)12-13-20(25)27-14-17-6-4-3-5-7-17/h3-11,19H,12-14H2,1-2H3,(H,22,24)(H,23,26)/t19-/m0/s1. The maximum Gasteiger partial charge on any atom is 0.306 e. The van der Waals surface area contributed by atoms with Crippen LogP contribution in [0.5, 0.6) is 0 Å². The molecule has 2 N–H and O–H groups in total. The van der Waals surface area contributed by atoms with Gasteiger partial charge in [-0.25, -0.2) is 0 Å². The molecule has 0 heterocycles. The fraction of sp³-hybridized carbons (Fsp3) is 0.286. The van der Waals surface area contributed by atoms with Gasteiger partial charge < -0.3 is 15.4 Å². The highest BCUT2D eigenvalue weighted by Crippen LogP contribution is 2.11. The van der Waals surface area contributed by atoms with E-state index in [0.717, 1.165) is 11.1 Å². The van der Waals surface area contributed by atoms with Crippen molar-refractivity contribution in [2.45, 2.75) is 39.3 Å². The Morgan fingerprint density at radius 2 is 1.67 bits per heavy atom. The first-order valence-corrected chi connectivity index (χ1v) is 8.78. The van der Waals surface area contributed by atoms with Gasteiger partial charge in [-0.05, 0) is 31.0 Å². The molecule has 0 saturated carbocycles. The van der Waals surface area contributed by atoms with Gasteiger partial charge >= 0.3 is 5.97 Å². The summed E-state index contributed by atoms with van der Waals surface area (Å²) in [6.45, 7) is 3.46. The molecule has 2 aromatic carbocycles. The van der Waals surface area contributed by atoms with Crippen molar-refractivity contribution in [1.29, 1.82) is 0 Å². The van der Waals surface area contributed by atoms with E-state index in [1.807, 2.05) is 49.4 Å². The van der Waals surface area contributed by atoms with Crippen LogP contribution in [-0.2, 0) is 25.7 Å². The van der Waals surface area contributed by atoms with Crippen LogP contribution in [-0.4, -0.2) is 23.8 Å². The summed E-state index contributed by atoms with van der Waals surface area (Å²) in [6, 6.07) is 15.9. The van der Waals surface area contributed by atoms with E-state index in [0.29, 0.717) is 5.69 Å². The molecule has 6 heteroatoms. The van der Waals surface area contributed by atoms with E-state index in [4.69, 9.17) is 4.74 Å². The van der Waals surface area contributed by atoms with Crippen LogP contribution >= 0.6 is 0 Å². The summed E-state index contributed by atoms with van der Waals surface area (Å²) >= 11 is 0. The molecule has 0 fully saturated rings. The summed E-state index contributed by atoms with van der Waals surface area (Å²) in [5.41, 5.74) is 2.60. The van der Waals surface area contributed by atoms with E-state index in [1.54, 1.807) is 12.1 Å². The zero-order valence-corrected chi connectivity index (χ0v) is 15.5. The first-order valence-electron chi connectivity index (χ1n) is 8.78. The molecule has 2 amide bonds. The highest BCUT2D eigenvalue weighted by Gasteiger charge is 2.21. The first kappa shape index (κ1) is 20.2. The quantitative estimate of drug-likeness (QED) is 0.702. The van der Waals surface area contributed by atoms with Crippen molar-refractivity contribution >= 4 is 23.5 Å². The van der Waals surface area contributed by atoms with Gasteiger partial charge in [0.15, 0.2) is 0 Å². The number of nitrogens with one attached hydrogen (secondary N) is 2. The molecule has 1 atom stereocenters. The first-order chi connectivity index (χ1) is 12.9. The summed E-state index contributed by atoms with van der Waals surface area (Å²) in [4.78, 5) is 35.8. The Bertz CT molecular complexity index is 773. The molecular weight excluding hydrogens is 344 g/mol. The maximum atomic E-state index is 12.4. The Kier molecular flexibility index (Phi) is 7.55. The fourth-order valence-electron chi connectivity index (χ4n) is 2.45. The summed E-state index contributed by atoms with van der Waals surface area (Å²) in [6.07, 6.45) is 0.185. The Hall–Kier alpha value is -3.15. The molecule has 27 heavy (non-hydrogen) atoms. The van der Waals surface area contributed by atoms with Gasteiger partial charge in [-0.15, -0.1) is 0 Å². The molecule has 0 unspecified atom stereocenters. The summed E-state index contributed by atoms with van der Waals surface area (Å²) < 4.78 is 5.21. The monoisotopic (exact) mass is 368 g/mol. The van der Waals surface area contributed by atoms with Crippen molar-refractivity contribution in [1.82, 2.24) is 5.32 Å². The summed E-state index contributed by atoms with van der Waals surface area (Å²) in [7, 11) is 0. The lowest BCUT2D eigenvalue weighted by atomic mass is 10.1. The van der Waals surface area contributed by atoms with Gasteiger partial charge in [-0.1, -0.05) is 48.0 Å². The number of anilines is 1. The van der Waals surface area contributed by atoms with E-state index in [9.17, 15) is 14.4 Å². The Balaban J connectivity index is 1.87. The van der Waals surface area contributed by atoms with Crippen LogP contribution in [0.3, 0.4) is 0 Å². The van der Waals surface area contributed by atoms with E-state index in [2.05, 4.69) is 10.6 Å². The maximum absolute atomic E-state index is 12.4. The second kappa shape index (κ2) is 10.1. The molecule has 0 aromatic heterocycles. The predicted molar refractivity (Wildman–Crippen MR) is 103 cm³/mol. The van der Waals surface area contributed by atoms with E-state index in [1.165, 1.54) is 6.92 Å². The van der Waals surface area contributed by atoms with Crippen LogP contribution in [0.1, 0.15) is 30.9 Å². The van der Waals surface area contributed by atoms with Crippen LogP contribution in [0.15, 0.2) is 54.6 Å². The van der Waals surface area contributed by atoms with Crippen molar-refractivity contribution < 1.29 is 19.1 Å². The van der Waals surface area contributed by atoms with Gasteiger partial charge in [-0.2, -0.15) is 0 Å². The minimum atomic E-state index is -0.812. The molecule has 0 aliphatic rings. The van der Waals surface area contributed by atoms with Crippen LogP contribution in [0.25, 0.3) is 0 Å². The average Bonchev–Trinajstić information content (AvgIpc) is 2.65. The molecule has 0 aliphatic carbocycles. The second-order valence-electron chi connectivity index (χ2n) is 6.29. The Labute approximate surface area is 158 Å². The third-order valence-corrected chi connectivity index (χ3v) is 3.89. The number of hydrogen-bond acceptors (Lipinski definition) is 4. The van der Waals surface area contributed by atoms with Gasteiger partial charge in [0.2, 0.25) is 11.8 Å². The third kappa shape index (κ3) is 7.32. The van der Waals surface area contributed by atoms with Crippen molar-refractivity contribution in [2.24, 2.45) is 0 Å². The number of carbonyl (C=O) groups excluding carboxylic acids is 3. The molecule has 0 spiro atoms. The minimum Gasteiger partial charge on any atom is -0.461 e. The number of hydrogen-bond donors (Lipinski definition) is 2. The molecule has 2 aromatic rings. The fourth-order valence-corrected chi connectivity index (χ4v) is 2.45. The zero-order chi connectivity index (χ0) is 19.6. The van der Waals surface area contributed by atoms with Gasteiger partial charge in [0.05, 0.1) is 0 Å². The van der Waals surface area contributed by atoms with Crippen molar-refractivity contribution in [2.75, 3.05) is 5.32 Å². The van der Waals surface area contributed by atoms with Crippen molar-refractivity contribution in [3.63, 3.8) is 0 Å². The highest BCUT2D eigenvalue weighted by molar-refractivity contribution is 5.97. The topological polar surface area (TPSA) is 84.5 Å². The SMILES string of the molecule is CC(=O)N[C@@H](CCC(=O)OCc1ccccc1)C(=O)Nc1ccc(C)cc1. The number of benzene rings is 2. The van der Waals surface area contributed by atoms with Crippen LogP contribution < -0.4 is 10.6 Å². The van der Waals surface area contributed by atoms with Crippen LogP contribution in [0.4, 0.5) is 5.69 Å². The molecule has 6 nitrogen and oxygen atoms in total. The van der Waals surface area contributed by atoms with Gasteiger partial charge in [0.25, 0.3) is 0 Å². The number of aryl methyl sites for hydroxylation is 1. The number of amides is 2. The smallest absolute Gasteiger partial charge is 0.306 e. The zero-order valence-electron chi connectivity index (χ0n) is 15.5. The van der Waals surface area contributed by atoms with Crippen molar-refractivity contribution in [3.8, 4) is 0 Å². The average molecular weight is 368 g/mol. The second-order valence-corrected chi connectivity index (χ2v) is 6.29. The summed E-state index contributed by atoms with van der Waals surface area (Å²) in [5, 5.41) is 5.33. The lowest BCUT2D eigenvalue weighted by Gasteiger charge is -2.17. The third-order valence-electron chi connectivity index (χ3n) is 3.89. The van der Waals surface area contributed by atoms with E-state index in [-0.39, 0.29) is 31.3 Å². The highest BCUT2D eigenvalue weighted by atomic mass is 16.5. The normalized spacial score (nSPS) is 11.3.